The molecule has 1 heterocycles. The molecule has 2 atom stereocenters. The zero-order chi connectivity index (χ0) is 21.0. The topological polar surface area (TPSA) is 89.9 Å². The molecule has 0 aliphatic carbocycles. The number of benzene rings is 1. The van der Waals surface area contributed by atoms with Gasteiger partial charge in [0, 0.05) is 24.4 Å². The van der Waals surface area contributed by atoms with Gasteiger partial charge in [-0.25, -0.2) is 8.78 Å². The van der Waals surface area contributed by atoms with Gasteiger partial charge < -0.3 is 20.3 Å². The van der Waals surface area contributed by atoms with Crippen molar-refractivity contribution in [3.8, 4) is 0 Å². The Morgan fingerprint density at radius 2 is 1.89 bits per heavy atom. The maximum Gasteiger partial charge on any atom is 0.475 e. The first-order valence-corrected chi connectivity index (χ1v) is 9.57. The first-order chi connectivity index (χ1) is 13.1. The Hall–Kier alpha value is -1.71. The van der Waals surface area contributed by atoms with Gasteiger partial charge in [-0.2, -0.15) is 0 Å². The smallest absolute Gasteiger partial charge is 0.426 e. The number of carbonyl (C=O) groups excluding carboxylic acids is 2. The van der Waals surface area contributed by atoms with Crippen LogP contribution in [0.1, 0.15) is 39.5 Å². The molecular formula is C18H24BClF2N2O4. The lowest BCUT2D eigenvalue weighted by Crippen LogP contribution is -2.53. The molecule has 0 bridgehead atoms. The first kappa shape index (κ1) is 22.6. The maximum absolute atomic E-state index is 14.1. The van der Waals surface area contributed by atoms with Gasteiger partial charge >= 0.3 is 7.12 Å². The lowest BCUT2D eigenvalue weighted by atomic mass is 9.75. The summed E-state index contributed by atoms with van der Waals surface area (Å²) in [5.74, 6) is -3.15. The lowest BCUT2D eigenvalue weighted by Gasteiger charge is -2.42. The monoisotopic (exact) mass is 416 g/mol. The fourth-order valence-electron chi connectivity index (χ4n) is 3.24. The Labute approximate surface area is 168 Å². The quantitative estimate of drug-likeness (QED) is 0.536. The van der Waals surface area contributed by atoms with E-state index in [2.05, 4.69) is 5.32 Å². The Kier molecular flexibility index (Phi) is 7.80. The Bertz CT molecular complexity index is 713. The van der Waals surface area contributed by atoms with Crippen LogP contribution in [0.25, 0.3) is 0 Å². The van der Waals surface area contributed by atoms with Gasteiger partial charge in [-0.3, -0.25) is 9.59 Å². The van der Waals surface area contributed by atoms with Crippen molar-refractivity contribution in [1.82, 2.24) is 5.32 Å². The number of ketones is 1. The van der Waals surface area contributed by atoms with E-state index in [0.29, 0.717) is 19.4 Å². The second-order valence-corrected chi connectivity index (χ2v) is 7.84. The number of Topliss-reactive ketones (excluding diaryl/α,β-unsaturated/α-hetero) is 1. The molecule has 1 fully saturated rings. The van der Waals surface area contributed by atoms with Crippen LogP contribution in [0.15, 0.2) is 12.1 Å². The fraction of sp³-hybridized carbons (Fsp3) is 0.556. The third-order valence-electron chi connectivity index (χ3n) is 4.69. The third kappa shape index (κ3) is 5.65. The van der Waals surface area contributed by atoms with Crippen molar-refractivity contribution in [3.63, 3.8) is 0 Å². The molecule has 3 N–H and O–H groups in total. The number of nitrogens with one attached hydrogen (secondary N) is 1. The summed E-state index contributed by atoms with van der Waals surface area (Å²) >= 11 is 5.62. The van der Waals surface area contributed by atoms with E-state index in [1.54, 1.807) is 0 Å². The van der Waals surface area contributed by atoms with E-state index in [-0.39, 0.29) is 35.3 Å². The van der Waals surface area contributed by atoms with Gasteiger partial charge in [0.1, 0.15) is 5.69 Å². The highest BCUT2D eigenvalue weighted by atomic mass is 35.5. The first-order valence-electron chi connectivity index (χ1n) is 9.19. The zero-order valence-electron chi connectivity index (χ0n) is 15.8. The van der Waals surface area contributed by atoms with Crippen LogP contribution in [0.3, 0.4) is 0 Å². The summed E-state index contributed by atoms with van der Waals surface area (Å²) in [5, 5.41) is 21.1. The number of hydrogen-bond donors (Lipinski definition) is 3. The summed E-state index contributed by atoms with van der Waals surface area (Å²) in [5.41, 5.74) is -0.293. The lowest BCUT2D eigenvalue weighted by molar-refractivity contribution is -0.126. The molecule has 2 rings (SSSR count). The van der Waals surface area contributed by atoms with Gasteiger partial charge in [0.2, 0.25) is 5.91 Å². The van der Waals surface area contributed by atoms with E-state index in [1.165, 1.54) is 4.90 Å². The standard InChI is InChI=1S/C18H24BClF2N2O4/c1-10(2)7-16(19(27)28)23-17(26)4-3-15(25)14-5-6-24(14)18-12(21)8-11(20)9-13(18)22/h8-10,14,16,27-28H,3-7H2,1-2H3,(H,23,26). The van der Waals surface area contributed by atoms with Crippen LogP contribution in [0.2, 0.25) is 5.02 Å². The molecule has 10 heteroatoms. The van der Waals surface area contributed by atoms with Crippen LogP contribution in [0.4, 0.5) is 14.5 Å². The van der Waals surface area contributed by atoms with Gasteiger partial charge in [-0.1, -0.05) is 25.4 Å². The molecule has 154 valence electrons. The van der Waals surface area contributed by atoms with Crippen molar-refractivity contribution < 1.29 is 28.4 Å². The van der Waals surface area contributed by atoms with Crippen LogP contribution in [0.5, 0.6) is 0 Å². The van der Waals surface area contributed by atoms with E-state index < -0.39 is 36.6 Å². The normalized spacial score (nSPS) is 17.3. The van der Waals surface area contributed by atoms with Gasteiger partial charge in [0.05, 0.1) is 12.0 Å². The van der Waals surface area contributed by atoms with Crippen LogP contribution < -0.4 is 10.2 Å². The van der Waals surface area contributed by atoms with Gasteiger partial charge in [-0.15, -0.1) is 0 Å². The van der Waals surface area contributed by atoms with E-state index in [9.17, 15) is 28.4 Å². The summed E-state index contributed by atoms with van der Waals surface area (Å²) in [6.07, 6.45) is 0.561. The molecule has 6 nitrogen and oxygen atoms in total. The minimum absolute atomic E-state index is 0.0687. The van der Waals surface area contributed by atoms with E-state index >= 15 is 0 Å². The summed E-state index contributed by atoms with van der Waals surface area (Å²) in [6, 6.07) is 1.28. The summed E-state index contributed by atoms with van der Waals surface area (Å²) in [7, 11) is -1.69. The summed E-state index contributed by atoms with van der Waals surface area (Å²) in [6.45, 7) is 4.09. The predicted octanol–water partition coefficient (Wildman–Crippen LogP) is 2.09. The molecule has 1 saturated heterocycles. The third-order valence-corrected chi connectivity index (χ3v) is 4.91. The van der Waals surface area contributed by atoms with Gasteiger partial charge in [0.15, 0.2) is 17.4 Å². The SMILES string of the molecule is CC(C)CC(NC(=O)CCC(=O)C1CCN1c1c(F)cc(Cl)cc1F)B(O)O. The maximum atomic E-state index is 14.1. The second kappa shape index (κ2) is 9.67. The summed E-state index contributed by atoms with van der Waals surface area (Å²) in [4.78, 5) is 25.8. The highest BCUT2D eigenvalue weighted by Crippen LogP contribution is 2.34. The molecule has 28 heavy (non-hydrogen) atoms. The summed E-state index contributed by atoms with van der Waals surface area (Å²) < 4.78 is 28.1. The molecule has 1 aromatic rings. The average molecular weight is 417 g/mol. The van der Waals surface area contributed by atoms with E-state index in [1.807, 2.05) is 13.8 Å². The molecule has 2 unspecified atom stereocenters. The van der Waals surface area contributed by atoms with Crippen molar-refractivity contribution in [1.29, 1.82) is 0 Å². The van der Waals surface area contributed by atoms with Crippen LogP contribution in [0, 0.1) is 17.6 Å². The highest BCUT2D eigenvalue weighted by Gasteiger charge is 2.37. The molecule has 1 aliphatic heterocycles. The number of anilines is 1. The largest absolute Gasteiger partial charge is 0.475 e. The highest BCUT2D eigenvalue weighted by molar-refractivity contribution is 6.43. The van der Waals surface area contributed by atoms with Gasteiger partial charge in [-0.05, 0) is 30.9 Å². The minimum atomic E-state index is -1.69. The molecular weight excluding hydrogens is 392 g/mol. The molecule has 0 aromatic heterocycles. The van der Waals surface area contributed by atoms with E-state index in [0.717, 1.165) is 12.1 Å². The Morgan fingerprint density at radius 1 is 1.29 bits per heavy atom. The number of carbonyl (C=O) groups is 2. The molecule has 0 spiro atoms. The molecule has 1 aliphatic rings. The Morgan fingerprint density at radius 3 is 2.36 bits per heavy atom. The van der Waals surface area contributed by atoms with Crippen LogP contribution in [-0.4, -0.2) is 47.4 Å². The van der Waals surface area contributed by atoms with Crippen molar-refractivity contribution >= 4 is 36.1 Å². The molecule has 1 amide bonds. The van der Waals surface area contributed by atoms with Crippen molar-refractivity contribution in [3.05, 3.63) is 28.8 Å². The minimum Gasteiger partial charge on any atom is -0.426 e. The molecule has 1 aromatic carbocycles. The van der Waals surface area contributed by atoms with Crippen molar-refractivity contribution in [2.24, 2.45) is 5.92 Å². The second-order valence-electron chi connectivity index (χ2n) is 7.40. The number of nitrogens with zero attached hydrogens (tertiary/aromatic N) is 1. The molecule has 0 saturated carbocycles. The van der Waals surface area contributed by atoms with Crippen molar-refractivity contribution in [2.75, 3.05) is 11.4 Å². The number of rotatable bonds is 9. The molecule has 0 radical (unpaired) electrons. The van der Waals surface area contributed by atoms with E-state index in [4.69, 9.17) is 11.6 Å². The zero-order valence-corrected chi connectivity index (χ0v) is 16.5. The van der Waals surface area contributed by atoms with Gasteiger partial charge in [0.25, 0.3) is 0 Å². The predicted molar refractivity (Wildman–Crippen MR) is 103 cm³/mol. The van der Waals surface area contributed by atoms with Crippen LogP contribution >= 0.6 is 11.6 Å². The van der Waals surface area contributed by atoms with Crippen molar-refractivity contribution in [2.45, 2.75) is 51.5 Å². The number of amides is 1. The van der Waals surface area contributed by atoms with Crippen LogP contribution in [-0.2, 0) is 9.59 Å². The number of halogens is 3. The average Bonchev–Trinajstić information content (AvgIpc) is 2.53. The fourth-order valence-corrected chi connectivity index (χ4v) is 3.44. The number of hydrogen-bond acceptors (Lipinski definition) is 5. The Balaban J connectivity index is 1.92.